The number of sulfonamides is 1. The van der Waals surface area contributed by atoms with Crippen molar-refractivity contribution in [2.45, 2.75) is 11.1 Å². The lowest BCUT2D eigenvalue weighted by molar-refractivity contribution is 0.0298. The van der Waals surface area contributed by atoms with E-state index >= 15 is 0 Å². The number of halogens is 1. The van der Waals surface area contributed by atoms with E-state index in [4.69, 9.17) is 21.5 Å². The van der Waals surface area contributed by atoms with Gasteiger partial charge in [-0.25, -0.2) is 13.6 Å². The highest BCUT2D eigenvalue weighted by Crippen LogP contribution is 2.29. The molecule has 19 heavy (non-hydrogen) atoms. The molecular formula is C11H16ClN3O3S. The minimum atomic E-state index is -3.74. The minimum Gasteiger partial charge on any atom is -0.356 e. The number of likely N-dealkylation sites (N-methyl/N-ethyl adjacent to an activating group) is 1. The maximum absolute atomic E-state index is 11.2. The lowest BCUT2D eigenvalue weighted by Gasteiger charge is -2.33. The summed E-state index contributed by atoms with van der Waals surface area (Å²) in [6.45, 7) is 2.13. The number of nitrogens with one attached hydrogen (secondary N) is 1. The molecule has 0 aliphatic carbocycles. The fourth-order valence-electron chi connectivity index (χ4n) is 1.91. The van der Waals surface area contributed by atoms with Gasteiger partial charge in [0, 0.05) is 20.1 Å². The predicted octanol–water partition coefficient (Wildman–Crippen LogP) is 0.369. The zero-order valence-corrected chi connectivity index (χ0v) is 12.0. The number of nitrogens with zero attached hydrogens (tertiary/aromatic N) is 1. The molecule has 0 spiro atoms. The standard InChI is InChI=1S/C11H16ClN3O3S/c1-15(11-7-14-4-5-18-11)10-3-2-8(6-9(10)12)19(13,16)17/h2-3,6,11,14H,4-5,7H2,1H3,(H2,13,16,17). The lowest BCUT2D eigenvalue weighted by Crippen LogP contribution is -2.47. The highest BCUT2D eigenvalue weighted by molar-refractivity contribution is 7.89. The maximum atomic E-state index is 11.2. The first-order valence-electron chi connectivity index (χ1n) is 5.77. The van der Waals surface area contributed by atoms with Crippen molar-refractivity contribution < 1.29 is 13.2 Å². The van der Waals surface area contributed by atoms with Crippen molar-refractivity contribution in [3.05, 3.63) is 23.2 Å². The number of nitrogens with two attached hydrogens (primary N) is 1. The van der Waals surface area contributed by atoms with E-state index in [9.17, 15) is 8.42 Å². The summed E-state index contributed by atoms with van der Waals surface area (Å²) in [6, 6.07) is 4.41. The fraction of sp³-hybridized carbons (Fsp3) is 0.455. The minimum absolute atomic E-state index is 0.00247. The van der Waals surface area contributed by atoms with E-state index < -0.39 is 10.0 Å². The number of morpholine rings is 1. The number of rotatable bonds is 3. The van der Waals surface area contributed by atoms with Gasteiger partial charge >= 0.3 is 0 Å². The highest BCUT2D eigenvalue weighted by Gasteiger charge is 2.21. The van der Waals surface area contributed by atoms with Crippen molar-refractivity contribution in [3.8, 4) is 0 Å². The van der Waals surface area contributed by atoms with Gasteiger partial charge < -0.3 is 15.0 Å². The largest absolute Gasteiger partial charge is 0.356 e. The summed E-state index contributed by atoms with van der Waals surface area (Å²) in [7, 11) is -1.90. The molecule has 8 heteroatoms. The third-order valence-electron chi connectivity index (χ3n) is 2.97. The topological polar surface area (TPSA) is 84.7 Å². The van der Waals surface area contributed by atoms with Gasteiger partial charge in [-0.2, -0.15) is 0 Å². The molecule has 0 amide bonds. The molecule has 0 radical (unpaired) electrons. The summed E-state index contributed by atoms with van der Waals surface area (Å²) in [5.41, 5.74) is 0.697. The molecule has 1 atom stereocenters. The van der Waals surface area contributed by atoms with Gasteiger partial charge in [0.25, 0.3) is 0 Å². The van der Waals surface area contributed by atoms with Gasteiger partial charge in [0.2, 0.25) is 10.0 Å². The first-order chi connectivity index (χ1) is 8.89. The Labute approximate surface area is 117 Å². The van der Waals surface area contributed by atoms with Gasteiger partial charge in [-0.15, -0.1) is 0 Å². The number of hydrogen-bond acceptors (Lipinski definition) is 5. The first kappa shape index (κ1) is 14.5. The van der Waals surface area contributed by atoms with Crippen molar-refractivity contribution in [3.63, 3.8) is 0 Å². The molecule has 0 bridgehead atoms. The van der Waals surface area contributed by atoms with Crippen molar-refractivity contribution in [1.82, 2.24) is 5.32 Å². The van der Waals surface area contributed by atoms with Crippen LogP contribution in [0.2, 0.25) is 5.02 Å². The number of ether oxygens (including phenoxy) is 1. The molecule has 6 nitrogen and oxygen atoms in total. The van der Waals surface area contributed by atoms with Crippen LogP contribution in [0.1, 0.15) is 0 Å². The van der Waals surface area contributed by atoms with Gasteiger partial charge in [-0.05, 0) is 18.2 Å². The zero-order valence-electron chi connectivity index (χ0n) is 10.5. The third kappa shape index (κ3) is 3.37. The summed E-state index contributed by atoms with van der Waals surface area (Å²) in [4.78, 5) is 1.86. The molecule has 0 aromatic heterocycles. The van der Waals surface area contributed by atoms with Crippen molar-refractivity contribution in [2.75, 3.05) is 31.6 Å². The summed E-state index contributed by atoms with van der Waals surface area (Å²) in [6.07, 6.45) is -0.133. The van der Waals surface area contributed by atoms with Crippen LogP contribution in [0.5, 0.6) is 0 Å². The molecule has 1 saturated heterocycles. The first-order valence-corrected chi connectivity index (χ1v) is 7.69. The van der Waals surface area contributed by atoms with Crippen molar-refractivity contribution in [2.24, 2.45) is 5.14 Å². The Morgan fingerprint density at radius 3 is 2.79 bits per heavy atom. The molecule has 2 rings (SSSR count). The van der Waals surface area contributed by atoms with Gasteiger partial charge in [0.1, 0.15) is 6.23 Å². The molecule has 1 aliphatic rings. The van der Waals surface area contributed by atoms with E-state index in [1.807, 2.05) is 11.9 Å². The van der Waals surface area contributed by atoms with Crippen LogP contribution in [-0.4, -0.2) is 41.4 Å². The van der Waals surface area contributed by atoms with Crippen molar-refractivity contribution >= 4 is 27.3 Å². The van der Waals surface area contributed by atoms with Gasteiger partial charge in [-0.3, -0.25) is 0 Å². The lowest BCUT2D eigenvalue weighted by atomic mass is 10.2. The summed E-state index contributed by atoms with van der Waals surface area (Å²) in [5.74, 6) is 0. The van der Waals surface area contributed by atoms with Crippen LogP contribution in [-0.2, 0) is 14.8 Å². The molecule has 1 aliphatic heterocycles. The number of hydrogen-bond donors (Lipinski definition) is 2. The number of anilines is 1. The molecule has 3 N–H and O–H groups in total. The van der Waals surface area contributed by atoms with E-state index in [2.05, 4.69) is 5.32 Å². The molecule has 1 heterocycles. The normalized spacial score (nSPS) is 20.3. The molecule has 1 aromatic rings. The second kappa shape index (κ2) is 5.64. The molecular weight excluding hydrogens is 290 g/mol. The Hall–Kier alpha value is -0.860. The van der Waals surface area contributed by atoms with Crippen LogP contribution < -0.4 is 15.4 Å². The number of benzene rings is 1. The smallest absolute Gasteiger partial charge is 0.238 e. The summed E-state index contributed by atoms with van der Waals surface area (Å²) in [5, 5.41) is 8.60. The molecule has 0 saturated carbocycles. The van der Waals surface area contributed by atoms with Crippen LogP contribution in [0.15, 0.2) is 23.1 Å². The van der Waals surface area contributed by atoms with Gasteiger partial charge in [0.15, 0.2) is 0 Å². The van der Waals surface area contributed by atoms with Gasteiger partial charge in [-0.1, -0.05) is 11.6 Å². The maximum Gasteiger partial charge on any atom is 0.238 e. The average Bonchev–Trinajstić information content (AvgIpc) is 2.38. The van der Waals surface area contributed by atoms with E-state index in [1.54, 1.807) is 6.07 Å². The molecule has 106 valence electrons. The van der Waals surface area contributed by atoms with Crippen LogP contribution in [0.3, 0.4) is 0 Å². The monoisotopic (exact) mass is 305 g/mol. The van der Waals surface area contributed by atoms with E-state index in [0.29, 0.717) is 23.9 Å². The van der Waals surface area contributed by atoms with Crippen molar-refractivity contribution in [1.29, 1.82) is 0 Å². The summed E-state index contributed by atoms with van der Waals surface area (Å²) >= 11 is 6.11. The predicted molar refractivity (Wildman–Crippen MR) is 73.8 cm³/mol. The second-order valence-corrected chi connectivity index (χ2v) is 6.27. The Kier molecular flexibility index (Phi) is 4.32. The highest BCUT2D eigenvalue weighted by atomic mass is 35.5. The van der Waals surface area contributed by atoms with E-state index in [0.717, 1.165) is 6.54 Å². The zero-order chi connectivity index (χ0) is 14.0. The third-order valence-corrected chi connectivity index (χ3v) is 4.18. The van der Waals surface area contributed by atoms with Crippen LogP contribution in [0, 0.1) is 0 Å². The Morgan fingerprint density at radius 1 is 1.53 bits per heavy atom. The summed E-state index contributed by atoms with van der Waals surface area (Å²) < 4.78 is 28.1. The Bertz CT molecular complexity index is 558. The average molecular weight is 306 g/mol. The second-order valence-electron chi connectivity index (χ2n) is 4.30. The van der Waals surface area contributed by atoms with E-state index in [1.165, 1.54) is 12.1 Å². The van der Waals surface area contributed by atoms with Crippen LogP contribution >= 0.6 is 11.6 Å². The fourth-order valence-corrected chi connectivity index (χ4v) is 2.82. The van der Waals surface area contributed by atoms with Gasteiger partial charge in [0.05, 0.1) is 22.2 Å². The Balaban J connectivity index is 2.25. The van der Waals surface area contributed by atoms with Crippen LogP contribution in [0.4, 0.5) is 5.69 Å². The Morgan fingerprint density at radius 2 is 2.26 bits per heavy atom. The molecule has 1 aromatic carbocycles. The SMILES string of the molecule is CN(c1ccc(S(N)(=O)=O)cc1Cl)C1CNCCO1. The molecule has 1 unspecified atom stereocenters. The number of primary sulfonamides is 1. The van der Waals surface area contributed by atoms with E-state index in [-0.39, 0.29) is 11.1 Å². The molecule has 1 fully saturated rings. The van der Waals surface area contributed by atoms with Crippen LogP contribution in [0.25, 0.3) is 0 Å². The quantitative estimate of drug-likeness (QED) is 0.843.